The molecule has 2 N–H and O–H groups in total. The Morgan fingerprint density at radius 1 is 1.00 bits per heavy atom. The minimum Gasteiger partial charge on any atom is -0.361 e. The van der Waals surface area contributed by atoms with Crippen LogP contribution in [0.4, 0.5) is 0 Å². The van der Waals surface area contributed by atoms with E-state index in [1.165, 1.54) is 22.0 Å². The Labute approximate surface area is 126 Å². The van der Waals surface area contributed by atoms with E-state index in [2.05, 4.69) is 78.0 Å². The highest BCUT2D eigenvalue weighted by atomic mass is 14.8. The van der Waals surface area contributed by atoms with Gasteiger partial charge < -0.3 is 10.3 Å². The summed E-state index contributed by atoms with van der Waals surface area (Å²) in [6.45, 7) is 2.24. The predicted molar refractivity (Wildman–Crippen MR) is 89.7 cm³/mol. The first kappa shape index (κ1) is 13.9. The third kappa shape index (κ3) is 2.86. The van der Waals surface area contributed by atoms with Crippen molar-refractivity contribution in [1.29, 1.82) is 0 Å². The monoisotopic (exact) mass is 278 g/mol. The number of hydrogen-bond acceptors (Lipinski definition) is 1. The molecule has 3 aromatic rings. The number of fused-ring (bicyclic) bond motifs is 1. The van der Waals surface area contributed by atoms with Gasteiger partial charge in [-0.2, -0.15) is 0 Å². The highest BCUT2D eigenvalue weighted by molar-refractivity contribution is 5.84. The fourth-order valence-corrected chi connectivity index (χ4v) is 2.98. The van der Waals surface area contributed by atoms with Crippen LogP contribution in [0.5, 0.6) is 0 Å². The van der Waals surface area contributed by atoms with Crippen molar-refractivity contribution in [2.75, 3.05) is 7.05 Å². The summed E-state index contributed by atoms with van der Waals surface area (Å²) in [6, 6.07) is 19.8. The van der Waals surface area contributed by atoms with Gasteiger partial charge in [-0.15, -0.1) is 0 Å². The van der Waals surface area contributed by atoms with Gasteiger partial charge in [0.05, 0.1) is 0 Å². The minimum atomic E-state index is 0.407. The average Bonchev–Trinajstić information content (AvgIpc) is 2.97. The zero-order valence-corrected chi connectivity index (χ0v) is 12.6. The predicted octanol–water partition coefficient (Wildman–Crippen LogP) is 4.30. The van der Waals surface area contributed by atoms with Crippen molar-refractivity contribution in [3.8, 4) is 0 Å². The maximum absolute atomic E-state index is 3.41. The van der Waals surface area contributed by atoms with Crippen LogP contribution in [-0.2, 0) is 0 Å². The van der Waals surface area contributed by atoms with E-state index in [-0.39, 0.29) is 0 Å². The zero-order chi connectivity index (χ0) is 14.7. The summed E-state index contributed by atoms with van der Waals surface area (Å²) in [5.74, 6) is 0.407. The second-order valence-electron chi connectivity index (χ2n) is 5.68. The highest BCUT2D eigenvalue weighted by Crippen LogP contribution is 2.34. The van der Waals surface area contributed by atoms with Crippen LogP contribution in [0.3, 0.4) is 0 Å². The number of nitrogens with one attached hydrogen (secondary N) is 2. The molecular formula is C19H22N2. The summed E-state index contributed by atoms with van der Waals surface area (Å²) in [7, 11) is 2.03. The first-order chi connectivity index (χ1) is 10.3. The molecule has 108 valence electrons. The molecule has 3 rings (SSSR count). The number of para-hydroxylation sites is 1. The van der Waals surface area contributed by atoms with E-state index in [9.17, 15) is 0 Å². The van der Waals surface area contributed by atoms with Gasteiger partial charge in [0.15, 0.2) is 0 Å². The maximum Gasteiger partial charge on any atom is 0.0457 e. The Kier molecular flexibility index (Phi) is 4.07. The number of rotatable bonds is 5. The SMILES string of the molecule is CNC(C)CC(c1ccccc1)c1c[nH]c2ccccc12. The molecule has 2 heteroatoms. The Bertz CT molecular complexity index is 700. The van der Waals surface area contributed by atoms with Crippen molar-refractivity contribution in [1.82, 2.24) is 10.3 Å². The molecule has 0 aliphatic heterocycles. The number of aromatic nitrogens is 1. The summed E-state index contributed by atoms with van der Waals surface area (Å²) in [5, 5.41) is 4.69. The van der Waals surface area contributed by atoms with E-state index < -0.39 is 0 Å². The van der Waals surface area contributed by atoms with Crippen LogP contribution in [-0.4, -0.2) is 18.1 Å². The largest absolute Gasteiger partial charge is 0.361 e. The van der Waals surface area contributed by atoms with Crippen molar-refractivity contribution in [3.05, 3.63) is 71.9 Å². The molecule has 21 heavy (non-hydrogen) atoms. The van der Waals surface area contributed by atoms with Crippen LogP contribution in [0.1, 0.15) is 30.4 Å². The van der Waals surface area contributed by atoms with Crippen LogP contribution in [0.2, 0.25) is 0 Å². The van der Waals surface area contributed by atoms with Gasteiger partial charge in [0.2, 0.25) is 0 Å². The Morgan fingerprint density at radius 2 is 1.71 bits per heavy atom. The van der Waals surface area contributed by atoms with Crippen LogP contribution >= 0.6 is 0 Å². The molecule has 0 fully saturated rings. The number of aromatic amines is 1. The maximum atomic E-state index is 3.41. The van der Waals surface area contributed by atoms with E-state index in [4.69, 9.17) is 0 Å². The molecule has 2 nitrogen and oxygen atoms in total. The smallest absolute Gasteiger partial charge is 0.0457 e. The molecule has 1 aromatic heterocycles. The van der Waals surface area contributed by atoms with Crippen molar-refractivity contribution >= 4 is 10.9 Å². The lowest BCUT2D eigenvalue weighted by Gasteiger charge is -2.21. The summed E-state index contributed by atoms with van der Waals surface area (Å²) >= 11 is 0. The molecule has 0 aliphatic carbocycles. The topological polar surface area (TPSA) is 27.8 Å². The lowest BCUT2D eigenvalue weighted by atomic mass is 9.86. The third-order valence-electron chi connectivity index (χ3n) is 4.28. The number of benzene rings is 2. The quantitative estimate of drug-likeness (QED) is 0.715. The summed E-state index contributed by atoms with van der Waals surface area (Å²) < 4.78 is 0. The molecule has 1 heterocycles. The van der Waals surface area contributed by atoms with Gasteiger partial charge in [0.1, 0.15) is 0 Å². The van der Waals surface area contributed by atoms with E-state index in [1.807, 2.05) is 7.05 Å². The average molecular weight is 278 g/mol. The second-order valence-corrected chi connectivity index (χ2v) is 5.68. The van der Waals surface area contributed by atoms with E-state index in [0.29, 0.717) is 12.0 Å². The lowest BCUT2D eigenvalue weighted by Crippen LogP contribution is -2.24. The number of H-pyrrole nitrogens is 1. The van der Waals surface area contributed by atoms with Crippen molar-refractivity contribution < 1.29 is 0 Å². The van der Waals surface area contributed by atoms with E-state index in [1.54, 1.807) is 0 Å². The fraction of sp³-hybridized carbons (Fsp3) is 0.263. The number of hydrogen-bond donors (Lipinski definition) is 2. The van der Waals surface area contributed by atoms with Gasteiger partial charge in [-0.05, 0) is 37.6 Å². The molecule has 0 aliphatic rings. The molecule has 0 amide bonds. The molecular weight excluding hydrogens is 256 g/mol. The van der Waals surface area contributed by atoms with Crippen LogP contribution in [0.25, 0.3) is 10.9 Å². The molecule has 2 aromatic carbocycles. The Morgan fingerprint density at radius 3 is 2.48 bits per heavy atom. The summed E-state index contributed by atoms with van der Waals surface area (Å²) in [4.78, 5) is 3.41. The van der Waals surface area contributed by atoms with Crippen LogP contribution in [0.15, 0.2) is 60.8 Å². The second kappa shape index (κ2) is 6.15. The Hall–Kier alpha value is -2.06. The van der Waals surface area contributed by atoms with Gasteiger partial charge >= 0.3 is 0 Å². The molecule has 0 radical (unpaired) electrons. The lowest BCUT2D eigenvalue weighted by molar-refractivity contribution is 0.532. The third-order valence-corrected chi connectivity index (χ3v) is 4.28. The highest BCUT2D eigenvalue weighted by Gasteiger charge is 2.19. The zero-order valence-electron chi connectivity index (χ0n) is 12.6. The fourth-order valence-electron chi connectivity index (χ4n) is 2.98. The van der Waals surface area contributed by atoms with Gasteiger partial charge in [0, 0.05) is 29.1 Å². The minimum absolute atomic E-state index is 0.407. The summed E-state index contributed by atoms with van der Waals surface area (Å²) in [6.07, 6.45) is 3.26. The van der Waals surface area contributed by atoms with Crippen molar-refractivity contribution in [3.63, 3.8) is 0 Å². The first-order valence-electron chi connectivity index (χ1n) is 7.58. The standard InChI is InChI=1S/C19H22N2/c1-14(20-2)12-17(15-8-4-3-5-9-15)18-13-21-19-11-7-6-10-16(18)19/h3-11,13-14,17,20-21H,12H2,1-2H3. The van der Waals surface area contributed by atoms with E-state index >= 15 is 0 Å². The molecule has 2 unspecified atom stereocenters. The van der Waals surface area contributed by atoms with Gasteiger partial charge in [-0.25, -0.2) is 0 Å². The van der Waals surface area contributed by atoms with Crippen LogP contribution < -0.4 is 5.32 Å². The summed E-state index contributed by atoms with van der Waals surface area (Å²) in [5.41, 5.74) is 3.98. The van der Waals surface area contributed by atoms with Gasteiger partial charge in [-0.3, -0.25) is 0 Å². The molecule has 0 saturated carbocycles. The van der Waals surface area contributed by atoms with Crippen LogP contribution in [0, 0.1) is 0 Å². The van der Waals surface area contributed by atoms with Crippen molar-refractivity contribution in [2.45, 2.75) is 25.3 Å². The van der Waals surface area contributed by atoms with Gasteiger partial charge in [-0.1, -0.05) is 48.5 Å². The molecule has 0 spiro atoms. The van der Waals surface area contributed by atoms with E-state index in [0.717, 1.165) is 6.42 Å². The molecule has 2 atom stereocenters. The first-order valence-corrected chi connectivity index (χ1v) is 7.58. The Balaban J connectivity index is 2.06. The molecule has 0 bridgehead atoms. The van der Waals surface area contributed by atoms with Crippen molar-refractivity contribution in [2.24, 2.45) is 0 Å². The van der Waals surface area contributed by atoms with Gasteiger partial charge in [0.25, 0.3) is 0 Å². The normalized spacial score (nSPS) is 14.2. The molecule has 0 saturated heterocycles.